The van der Waals surface area contributed by atoms with Crippen molar-refractivity contribution in [2.45, 2.75) is 48.7 Å². The highest BCUT2D eigenvalue weighted by Crippen LogP contribution is 2.45. The molecule has 0 amide bonds. The van der Waals surface area contributed by atoms with Crippen LogP contribution in [0.2, 0.25) is 0 Å². The average Bonchev–Trinajstić information content (AvgIpc) is 2.43. The maximum Gasteiger partial charge on any atom is 0.0686 e. The summed E-state index contributed by atoms with van der Waals surface area (Å²) < 4.78 is 7.03. The van der Waals surface area contributed by atoms with Crippen LogP contribution in [-0.4, -0.2) is 29.2 Å². The molecule has 1 saturated carbocycles. The second kappa shape index (κ2) is 6.39. The molecule has 3 rings (SSSR count). The minimum absolute atomic E-state index is 0.129. The third-order valence-corrected chi connectivity index (χ3v) is 6.15. The van der Waals surface area contributed by atoms with Gasteiger partial charge in [-0.05, 0) is 56.2 Å². The van der Waals surface area contributed by atoms with Crippen LogP contribution in [0, 0.1) is 5.92 Å². The normalized spacial score (nSPS) is 26.2. The van der Waals surface area contributed by atoms with Gasteiger partial charge in [-0.3, -0.25) is 0 Å². The Morgan fingerprint density at radius 3 is 3.00 bits per heavy atom. The second-order valence-corrected chi connectivity index (χ2v) is 7.98. The summed E-state index contributed by atoms with van der Waals surface area (Å²) >= 11 is 5.23. The first-order chi connectivity index (χ1) is 9.67. The van der Waals surface area contributed by atoms with Crippen LogP contribution in [0.3, 0.4) is 0 Å². The Hall–Kier alpha value is -0.0300. The van der Waals surface area contributed by atoms with Crippen LogP contribution >= 0.6 is 27.7 Å². The molecule has 1 aromatic carbocycles. The van der Waals surface area contributed by atoms with Gasteiger partial charge in [-0.15, -0.1) is 11.8 Å². The fourth-order valence-electron chi connectivity index (χ4n) is 3.19. The molecular formula is C16H21BrO2S. The lowest BCUT2D eigenvalue weighted by Gasteiger charge is -2.48. The summed E-state index contributed by atoms with van der Waals surface area (Å²) in [5.41, 5.74) is 0.129. The van der Waals surface area contributed by atoms with Crippen molar-refractivity contribution in [1.29, 1.82) is 0 Å². The number of hydrogen-bond acceptors (Lipinski definition) is 3. The van der Waals surface area contributed by atoms with Gasteiger partial charge in [0.2, 0.25) is 0 Å². The van der Waals surface area contributed by atoms with Crippen molar-refractivity contribution >= 4 is 27.7 Å². The van der Waals surface area contributed by atoms with E-state index in [0.29, 0.717) is 5.92 Å². The molecule has 2 atom stereocenters. The number of rotatable bonds is 4. The number of benzene rings is 1. The fourth-order valence-corrected chi connectivity index (χ4v) is 4.76. The Bertz CT molecular complexity index is 462. The smallest absolute Gasteiger partial charge is 0.0686 e. The number of aliphatic hydroxyl groups excluding tert-OH is 1. The standard InChI is InChI=1S/C16H21BrO2S/c17-13-3-1-4-14(9-13)20-11-15(18)12-5-8-19-16(10-12)6-2-7-16/h1,3-4,9,12,15,18H,2,5-8,10-11H2. The van der Waals surface area contributed by atoms with E-state index in [0.717, 1.165) is 29.7 Å². The van der Waals surface area contributed by atoms with Crippen LogP contribution in [0.1, 0.15) is 32.1 Å². The van der Waals surface area contributed by atoms with Crippen LogP contribution in [0.25, 0.3) is 0 Å². The maximum absolute atomic E-state index is 10.5. The van der Waals surface area contributed by atoms with E-state index in [-0.39, 0.29) is 11.7 Å². The van der Waals surface area contributed by atoms with E-state index in [4.69, 9.17) is 4.74 Å². The number of ether oxygens (including phenoxy) is 1. The zero-order valence-electron chi connectivity index (χ0n) is 11.6. The van der Waals surface area contributed by atoms with E-state index in [1.165, 1.54) is 24.2 Å². The molecule has 0 radical (unpaired) electrons. The number of aliphatic hydroxyl groups is 1. The van der Waals surface area contributed by atoms with Crippen molar-refractivity contribution in [3.05, 3.63) is 28.7 Å². The summed E-state index contributed by atoms with van der Waals surface area (Å²) in [5.74, 6) is 1.18. The SMILES string of the molecule is OC(CSc1cccc(Br)c1)C1CCOC2(CCC2)C1. The van der Waals surface area contributed by atoms with Crippen molar-refractivity contribution in [3.8, 4) is 0 Å². The lowest BCUT2D eigenvalue weighted by atomic mass is 9.71. The van der Waals surface area contributed by atoms with Crippen molar-refractivity contribution in [2.24, 2.45) is 5.92 Å². The van der Waals surface area contributed by atoms with E-state index < -0.39 is 0 Å². The summed E-state index contributed by atoms with van der Waals surface area (Å²) in [6.07, 6.45) is 5.50. The van der Waals surface area contributed by atoms with E-state index in [1.807, 2.05) is 12.1 Å². The Kier molecular flexibility index (Phi) is 4.75. The molecule has 2 nitrogen and oxygen atoms in total. The zero-order chi connectivity index (χ0) is 14.0. The largest absolute Gasteiger partial charge is 0.392 e. The zero-order valence-corrected chi connectivity index (χ0v) is 14.0. The minimum atomic E-state index is -0.222. The summed E-state index contributed by atoms with van der Waals surface area (Å²) in [6.45, 7) is 0.823. The van der Waals surface area contributed by atoms with E-state index >= 15 is 0 Å². The molecular weight excluding hydrogens is 336 g/mol. The first-order valence-electron chi connectivity index (χ1n) is 7.37. The van der Waals surface area contributed by atoms with Gasteiger partial charge in [0.1, 0.15) is 0 Å². The minimum Gasteiger partial charge on any atom is -0.392 e. The Labute approximate surface area is 133 Å². The molecule has 4 heteroatoms. The number of halogens is 1. The van der Waals surface area contributed by atoms with Gasteiger partial charge in [0.25, 0.3) is 0 Å². The van der Waals surface area contributed by atoms with Gasteiger partial charge in [0, 0.05) is 21.7 Å². The molecule has 1 aliphatic carbocycles. The third-order valence-electron chi connectivity index (χ3n) is 4.56. The van der Waals surface area contributed by atoms with Crippen LogP contribution in [0.15, 0.2) is 33.6 Å². The lowest BCUT2D eigenvalue weighted by Crippen LogP contribution is -2.48. The molecule has 0 aromatic heterocycles. The van der Waals surface area contributed by atoms with Gasteiger partial charge in [-0.25, -0.2) is 0 Å². The molecule has 1 spiro atoms. The molecule has 2 fully saturated rings. The highest BCUT2D eigenvalue weighted by Gasteiger charge is 2.43. The van der Waals surface area contributed by atoms with Gasteiger partial charge in [0.15, 0.2) is 0 Å². The monoisotopic (exact) mass is 356 g/mol. The van der Waals surface area contributed by atoms with Gasteiger partial charge in [-0.2, -0.15) is 0 Å². The van der Waals surface area contributed by atoms with Gasteiger partial charge >= 0.3 is 0 Å². The molecule has 110 valence electrons. The number of thioether (sulfide) groups is 1. The molecule has 0 bridgehead atoms. The van der Waals surface area contributed by atoms with Crippen LogP contribution in [0.5, 0.6) is 0 Å². The first kappa shape index (κ1) is 14.9. The highest BCUT2D eigenvalue weighted by atomic mass is 79.9. The molecule has 20 heavy (non-hydrogen) atoms. The Morgan fingerprint density at radius 2 is 2.30 bits per heavy atom. The molecule has 1 aliphatic heterocycles. The lowest BCUT2D eigenvalue weighted by molar-refractivity contribution is -0.154. The van der Waals surface area contributed by atoms with E-state index in [9.17, 15) is 5.11 Å². The molecule has 1 heterocycles. The molecule has 1 aromatic rings. The van der Waals surface area contributed by atoms with Crippen molar-refractivity contribution in [2.75, 3.05) is 12.4 Å². The van der Waals surface area contributed by atoms with E-state index in [1.54, 1.807) is 11.8 Å². The summed E-state index contributed by atoms with van der Waals surface area (Å²) in [4.78, 5) is 1.21. The van der Waals surface area contributed by atoms with E-state index in [2.05, 4.69) is 28.1 Å². The van der Waals surface area contributed by atoms with Gasteiger partial charge < -0.3 is 9.84 Å². The Balaban J connectivity index is 1.52. The summed E-state index contributed by atoms with van der Waals surface area (Å²) in [6, 6.07) is 8.27. The predicted molar refractivity (Wildman–Crippen MR) is 86.1 cm³/mol. The van der Waals surface area contributed by atoms with Crippen LogP contribution in [0.4, 0.5) is 0 Å². The maximum atomic E-state index is 10.5. The van der Waals surface area contributed by atoms with Crippen molar-refractivity contribution in [3.63, 3.8) is 0 Å². The molecule has 2 aliphatic rings. The topological polar surface area (TPSA) is 29.5 Å². The molecule has 2 unspecified atom stereocenters. The van der Waals surface area contributed by atoms with Gasteiger partial charge in [0.05, 0.1) is 11.7 Å². The van der Waals surface area contributed by atoms with Crippen LogP contribution < -0.4 is 0 Å². The molecule has 1 saturated heterocycles. The second-order valence-electron chi connectivity index (χ2n) is 5.97. The van der Waals surface area contributed by atoms with Crippen LogP contribution in [-0.2, 0) is 4.74 Å². The number of hydrogen-bond donors (Lipinski definition) is 1. The average molecular weight is 357 g/mol. The summed E-state index contributed by atoms with van der Waals surface area (Å²) in [7, 11) is 0. The van der Waals surface area contributed by atoms with Crippen molar-refractivity contribution < 1.29 is 9.84 Å². The Morgan fingerprint density at radius 1 is 1.45 bits per heavy atom. The van der Waals surface area contributed by atoms with Crippen molar-refractivity contribution in [1.82, 2.24) is 0 Å². The summed E-state index contributed by atoms with van der Waals surface area (Å²) in [5, 5.41) is 10.5. The quantitative estimate of drug-likeness (QED) is 0.817. The highest BCUT2D eigenvalue weighted by molar-refractivity contribution is 9.10. The first-order valence-corrected chi connectivity index (χ1v) is 9.15. The fraction of sp³-hybridized carbons (Fsp3) is 0.625. The predicted octanol–water partition coefficient (Wildman–Crippen LogP) is 4.25. The molecule has 1 N–H and O–H groups in total. The van der Waals surface area contributed by atoms with Gasteiger partial charge in [-0.1, -0.05) is 22.0 Å². The third kappa shape index (κ3) is 3.41.